The average molecular weight is 379 g/mol. The van der Waals surface area contributed by atoms with Crippen LogP contribution in [0.25, 0.3) is 0 Å². The molecule has 2 atom stereocenters. The fraction of sp³-hybridized carbons (Fsp3) is 0.556. The van der Waals surface area contributed by atoms with Gasteiger partial charge in [0.15, 0.2) is 0 Å². The van der Waals surface area contributed by atoms with Gasteiger partial charge in [-0.3, -0.25) is 4.79 Å². The highest BCUT2D eigenvalue weighted by molar-refractivity contribution is 6.33. The van der Waals surface area contributed by atoms with E-state index in [0.29, 0.717) is 48.5 Å². The molecule has 0 bridgehead atoms. The molecule has 0 spiro atoms. The molecule has 4 rings (SSSR count). The van der Waals surface area contributed by atoms with Crippen molar-refractivity contribution in [3.8, 4) is 0 Å². The van der Waals surface area contributed by atoms with Crippen LogP contribution in [0, 0.1) is 5.92 Å². The maximum absolute atomic E-state index is 12.7. The van der Waals surface area contributed by atoms with Crippen LogP contribution >= 0.6 is 11.6 Å². The Morgan fingerprint density at radius 1 is 1.19 bits per heavy atom. The minimum absolute atomic E-state index is 0.0679. The Kier molecular flexibility index (Phi) is 5.02. The van der Waals surface area contributed by atoms with Crippen molar-refractivity contribution in [2.75, 3.05) is 51.3 Å². The Labute approximate surface area is 157 Å². The molecule has 2 N–H and O–H groups in total. The third kappa shape index (κ3) is 3.39. The van der Waals surface area contributed by atoms with Gasteiger partial charge in [-0.1, -0.05) is 11.6 Å². The molecule has 3 heterocycles. The third-order valence-electron chi connectivity index (χ3n) is 5.46. The lowest BCUT2D eigenvalue weighted by Crippen LogP contribution is -2.42. The zero-order chi connectivity index (χ0) is 18.1. The monoisotopic (exact) mass is 378 g/mol. The van der Waals surface area contributed by atoms with Crippen molar-refractivity contribution in [1.82, 2.24) is 15.1 Å². The van der Waals surface area contributed by atoms with Crippen LogP contribution in [0.3, 0.4) is 0 Å². The maximum Gasteiger partial charge on any atom is 0.322 e. The lowest BCUT2D eigenvalue weighted by atomic mass is 10.1. The van der Waals surface area contributed by atoms with Gasteiger partial charge in [-0.15, -0.1) is 0 Å². The lowest BCUT2D eigenvalue weighted by Gasteiger charge is -2.27. The van der Waals surface area contributed by atoms with Crippen molar-refractivity contribution in [2.24, 2.45) is 5.92 Å². The second-order valence-electron chi connectivity index (χ2n) is 7.00. The van der Waals surface area contributed by atoms with Crippen molar-refractivity contribution in [2.45, 2.75) is 12.5 Å². The summed E-state index contributed by atoms with van der Waals surface area (Å²) in [6.07, 6.45) is 1.02. The highest BCUT2D eigenvalue weighted by Crippen LogP contribution is 2.29. The van der Waals surface area contributed by atoms with Crippen molar-refractivity contribution < 1.29 is 14.3 Å². The lowest BCUT2D eigenvalue weighted by molar-refractivity contribution is 0.0303. The molecule has 3 aliphatic rings. The van der Waals surface area contributed by atoms with Crippen LogP contribution in [0.5, 0.6) is 0 Å². The topological polar surface area (TPSA) is 73.9 Å². The quantitative estimate of drug-likeness (QED) is 0.820. The van der Waals surface area contributed by atoms with E-state index in [-0.39, 0.29) is 18.0 Å². The van der Waals surface area contributed by atoms with E-state index in [1.807, 2.05) is 4.90 Å². The van der Waals surface area contributed by atoms with E-state index in [1.54, 1.807) is 23.1 Å². The van der Waals surface area contributed by atoms with Gasteiger partial charge in [-0.2, -0.15) is 0 Å². The molecule has 0 aliphatic carbocycles. The van der Waals surface area contributed by atoms with E-state index >= 15 is 0 Å². The van der Waals surface area contributed by atoms with E-state index in [0.717, 1.165) is 26.1 Å². The summed E-state index contributed by atoms with van der Waals surface area (Å²) in [5.74, 6) is 0.465. The molecule has 3 fully saturated rings. The first-order valence-electron chi connectivity index (χ1n) is 9.08. The number of rotatable bonds is 2. The second-order valence-corrected chi connectivity index (χ2v) is 7.40. The predicted molar refractivity (Wildman–Crippen MR) is 98.7 cm³/mol. The fourth-order valence-corrected chi connectivity index (χ4v) is 4.16. The van der Waals surface area contributed by atoms with Gasteiger partial charge in [0.25, 0.3) is 5.91 Å². The number of halogens is 1. The van der Waals surface area contributed by atoms with Gasteiger partial charge in [0, 0.05) is 44.3 Å². The summed E-state index contributed by atoms with van der Waals surface area (Å²) < 4.78 is 5.29. The number of likely N-dealkylation sites (tertiary alicyclic amines) is 1. The van der Waals surface area contributed by atoms with Crippen molar-refractivity contribution in [3.63, 3.8) is 0 Å². The second kappa shape index (κ2) is 7.42. The van der Waals surface area contributed by atoms with Crippen LogP contribution in [0.1, 0.15) is 16.8 Å². The molecule has 3 amide bonds. The first-order valence-corrected chi connectivity index (χ1v) is 9.46. The van der Waals surface area contributed by atoms with Crippen LogP contribution < -0.4 is 10.6 Å². The molecule has 0 aromatic heterocycles. The largest absolute Gasteiger partial charge is 0.378 e. The number of hydrogen-bond acceptors (Lipinski definition) is 4. The zero-order valence-corrected chi connectivity index (χ0v) is 15.3. The number of amides is 3. The smallest absolute Gasteiger partial charge is 0.322 e. The molecule has 26 heavy (non-hydrogen) atoms. The van der Waals surface area contributed by atoms with E-state index in [9.17, 15) is 9.59 Å². The summed E-state index contributed by atoms with van der Waals surface area (Å²) in [4.78, 5) is 29.0. The molecular weight excluding hydrogens is 356 g/mol. The van der Waals surface area contributed by atoms with Gasteiger partial charge in [0.2, 0.25) is 0 Å². The summed E-state index contributed by atoms with van der Waals surface area (Å²) >= 11 is 6.26. The Morgan fingerprint density at radius 3 is 2.81 bits per heavy atom. The van der Waals surface area contributed by atoms with Gasteiger partial charge in [0.05, 0.1) is 23.9 Å². The molecule has 0 radical (unpaired) electrons. The van der Waals surface area contributed by atoms with Crippen molar-refractivity contribution in [1.29, 1.82) is 0 Å². The molecule has 8 heteroatoms. The molecule has 0 saturated carbocycles. The Hall–Kier alpha value is -1.83. The van der Waals surface area contributed by atoms with Crippen LogP contribution in [0.4, 0.5) is 10.5 Å². The molecule has 140 valence electrons. The number of hydrogen-bond donors (Lipinski definition) is 2. The summed E-state index contributed by atoms with van der Waals surface area (Å²) in [7, 11) is 0. The number of ether oxygens (including phenoxy) is 1. The number of benzene rings is 1. The van der Waals surface area contributed by atoms with Gasteiger partial charge in [-0.25, -0.2) is 4.79 Å². The zero-order valence-electron chi connectivity index (χ0n) is 14.5. The molecule has 3 aliphatic heterocycles. The normalized spacial score (nSPS) is 25.3. The highest BCUT2D eigenvalue weighted by atomic mass is 35.5. The SMILES string of the molecule is O=C(c1ccc(Cl)c(NC(=O)N2CC[C@@H]3CNC[C@@H]32)c1)N1CCOCC1. The number of carbonyl (C=O) groups excluding carboxylic acids is 2. The predicted octanol–water partition coefficient (Wildman–Crippen LogP) is 1.64. The number of morpholine rings is 1. The van der Waals surface area contributed by atoms with Crippen LogP contribution in [0.15, 0.2) is 18.2 Å². The third-order valence-corrected chi connectivity index (χ3v) is 5.79. The van der Waals surface area contributed by atoms with Gasteiger partial charge >= 0.3 is 6.03 Å². The Morgan fingerprint density at radius 2 is 2.00 bits per heavy atom. The molecule has 1 aromatic rings. The highest BCUT2D eigenvalue weighted by Gasteiger charge is 2.40. The van der Waals surface area contributed by atoms with Crippen molar-refractivity contribution in [3.05, 3.63) is 28.8 Å². The standard InChI is InChI=1S/C18H23ClN4O3/c19-14-2-1-12(17(24)22-5-7-26-8-6-22)9-15(14)21-18(25)23-4-3-13-10-20-11-16(13)23/h1-2,9,13,16,20H,3-8,10-11H2,(H,21,25)/t13-,16+/m1/s1. The average Bonchev–Trinajstić information content (AvgIpc) is 3.27. The molecule has 0 unspecified atom stereocenters. The van der Waals surface area contributed by atoms with Gasteiger partial charge < -0.3 is 25.2 Å². The number of carbonyl (C=O) groups is 2. The first-order chi connectivity index (χ1) is 12.6. The van der Waals surface area contributed by atoms with E-state index in [2.05, 4.69) is 10.6 Å². The van der Waals surface area contributed by atoms with Gasteiger partial charge in [0.1, 0.15) is 0 Å². The summed E-state index contributed by atoms with van der Waals surface area (Å²) in [5.41, 5.74) is 0.999. The van der Waals surface area contributed by atoms with Crippen LogP contribution in [0.2, 0.25) is 5.02 Å². The minimum Gasteiger partial charge on any atom is -0.378 e. The van der Waals surface area contributed by atoms with Crippen molar-refractivity contribution >= 4 is 29.2 Å². The summed E-state index contributed by atoms with van der Waals surface area (Å²) in [6, 6.07) is 5.11. The van der Waals surface area contributed by atoms with E-state index < -0.39 is 0 Å². The number of nitrogens with zero attached hydrogens (tertiary/aromatic N) is 2. The number of nitrogens with one attached hydrogen (secondary N) is 2. The molecular formula is C18H23ClN4O3. The maximum atomic E-state index is 12.7. The van der Waals surface area contributed by atoms with Crippen LogP contribution in [-0.2, 0) is 4.74 Å². The van der Waals surface area contributed by atoms with Crippen LogP contribution in [-0.4, -0.2) is 73.7 Å². The molecule has 1 aromatic carbocycles. The molecule has 7 nitrogen and oxygen atoms in total. The number of urea groups is 1. The summed E-state index contributed by atoms with van der Waals surface area (Å²) in [5, 5.41) is 6.66. The fourth-order valence-electron chi connectivity index (χ4n) is 3.99. The Bertz CT molecular complexity index is 708. The number of fused-ring (bicyclic) bond motifs is 1. The number of anilines is 1. The van der Waals surface area contributed by atoms with Gasteiger partial charge in [-0.05, 0) is 30.5 Å². The molecule has 3 saturated heterocycles. The van der Waals surface area contributed by atoms with E-state index in [4.69, 9.17) is 16.3 Å². The summed E-state index contributed by atoms with van der Waals surface area (Å²) in [6.45, 7) is 4.82. The minimum atomic E-state index is -0.154. The van der Waals surface area contributed by atoms with E-state index in [1.165, 1.54) is 0 Å². The first kappa shape index (κ1) is 17.6. The Balaban J connectivity index is 1.47.